The molecule has 0 aliphatic carbocycles. The molecular weight excluding hydrogens is 420 g/mol. The molecule has 2 aromatic carbocycles. The van der Waals surface area contributed by atoms with Crippen molar-refractivity contribution in [1.29, 1.82) is 0 Å². The van der Waals surface area contributed by atoms with Gasteiger partial charge in [-0.15, -0.1) is 10.2 Å². The van der Waals surface area contributed by atoms with Crippen molar-refractivity contribution in [2.24, 2.45) is 0 Å². The van der Waals surface area contributed by atoms with Crippen LogP contribution in [0.15, 0.2) is 52.9 Å². The number of non-ortho nitro benzene ring substituents is 1. The first-order valence-corrected chi connectivity index (χ1v) is 9.62. The third-order valence-corrected chi connectivity index (χ3v) is 4.79. The zero-order valence-corrected chi connectivity index (χ0v) is 16.6. The van der Waals surface area contributed by atoms with Crippen molar-refractivity contribution >= 4 is 23.5 Å². The van der Waals surface area contributed by atoms with Crippen LogP contribution in [0.3, 0.4) is 0 Å². The third-order valence-electron chi connectivity index (χ3n) is 4.79. The highest BCUT2D eigenvalue weighted by Crippen LogP contribution is 2.23. The highest BCUT2D eigenvalue weighted by molar-refractivity contribution is 6.21. The molecule has 0 radical (unpaired) electrons. The van der Waals surface area contributed by atoms with Crippen molar-refractivity contribution in [2.75, 3.05) is 6.54 Å². The van der Waals surface area contributed by atoms with E-state index in [-0.39, 0.29) is 55.3 Å². The van der Waals surface area contributed by atoms with E-state index in [1.165, 1.54) is 24.3 Å². The normalized spacial score (nSPS) is 12.7. The molecule has 1 aliphatic heterocycles. The SMILES string of the molecule is O=C(CCCN1C(=O)c2ccccc2C1=O)OCc1nnc(-c2ccc([N+](=O)[O-])cc2)o1. The summed E-state index contributed by atoms with van der Waals surface area (Å²) in [6, 6.07) is 12.1. The summed E-state index contributed by atoms with van der Waals surface area (Å²) in [4.78, 5) is 47.9. The molecule has 0 atom stereocenters. The number of carbonyl (C=O) groups is 3. The number of hydrogen-bond donors (Lipinski definition) is 0. The van der Waals surface area contributed by atoms with Gasteiger partial charge in [-0.2, -0.15) is 0 Å². The molecule has 4 rings (SSSR count). The fraction of sp³-hybridized carbons (Fsp3) is 0.190. The van der Waals surface area contributed by atoms with E-state index in [1.54, 1.807) is 24.3 Å². The van der Waals surface area contributed by atoms with Crippen LogP contribution in [-0.4, -0.2) is 44.3 Å². The van der Waals surface area contributed by atoms with Gasteiger partial charge in [0, 0.05) is 30.7 Å². The number of rotatable bonds is 8. The largest absolute Gasteiger partial charge is 0.456 e. The van der Waals surface area contributed by atoms with E-state index in [4.69, 9.17) is 9.15 Å². The van der Waals surface area contributed by atoms with Crippen LogP contribution < -0.4 is 0 Å². The predicted molar refractivity (Wildman–Crippen MR) is 107 cm³/mol. The first kappa shape index (κ1) is 20.8. The van der Waals surface area contributed by atoms with Crippen LogP contribution in [0.5, 0.6) is 0 Å². The Kier molecular flexibility index (Phi) is 5.71. The Morgan fingerprint density at radius 1 is 1.03 bits per heavy atom. The lowest BCUT2D eigenvalue weighted by atomic mass is 10.1. The molecule has 32 heavy (non-hydrogen) atoms. The zero-order chi connectivity index (χ0) is 22.7. The molecule has 1 aromatic heterocycles. The van der Waals surface area contributed by atoms with Gasteiger partial charge in [-0.05, 0) is 30.7 Å². The molecule has 3 aromatic rings. The van der Waals surface area contributed by atoms with Crippen molar-refractivity contribution in [1.82, 2.24) is 15.1 Å². The quantitative estimate of drug-likeness (QED) is 0.225. The lowest BCUT2D eigenvalue weighted by molar-refractivity contribution is -0.384. The molecule has 0 saturated carbocycles. The Balaban J connectivity index is 1.24. The highest BCUT2D eigenvalue weighted by Gasteiger charge is 2.34. The van der Waals surface area contributed by atoms with Gasteiger partial charge in [0.1, 0.15) is 0 Å². The van der Waals surface area contributed by atoms with E-state index in [9.17, 15) is 24.5 Å². The van der Waals surface area contributed by atoms with Crippen molar-refractivity contribution < 1.29 is 28.5 Å². The zero-order valence-electron chi connectivity index (χ0n) is 16.6. The molecule has 11 nitrogen and oxygen atoms in total. The summed E-state index contributed by atoms with van der Waals surface area (Å²) in [6.45, 7) is -0.141. The van der Waals surface area contributed by atoms with Crippen LogP contribution in [-0.2, 0) is 16.1 Å². The minimum Gasteiger partial charge on any atom is -0.456 e. The van der Waals surface area contributed by atoms with Gasteiger partial charge >= 0.3 is 5.97 Å². The maximum absolute atomic E-state index is 12.3. The number of ether oxygens (including phenoxy) is 1. The van der Waals surface area contributed by atoms with Crippen LogP contribution in [0.1, 0.15) is 39.4 Å². The molecule has 11 heteroatoms. The van der Waals surface area contributed by atoms with E-state index in [0.717, 1.165) is 4.90 Å². The number of nitro benzene ring substituents is 1. The Morgan fingerprint density at radius 3 is 2.31 bits per heavy atom. The van der Waals surface area contributed by atoms with Gasteiger partial charge < -0.3 is 9.15 Å². The molecule has 0 spiro atoms. The number of hydrogen-bond acceptors (Lipinski definition) is 9. The molecule has 2 heterocycles. The number of nitrogens with zero attached hydrogens (tertiary/aromatic N) is 4. The molecule has 0 unspecified atom stereocenters. The number of amides is 2. The van der Waals surface area contributed by atoms with Crippen molar-refractivity contribution in [3.8, 4) is 11.5 Å². The number of esters is 1. The van der Waals surface area contributed by atoms with Gasteiger partial charge in [0.25, 0.3) is 23.4 Å². The lowest BCUT2D eigenvalue weighted by Gasteiger charge is -2.13. The number of carbonyl (C=O) groups excluding carboxylic acids is 3. The van der Waals surface area contributed by atoms with Gasteiger partial charge in [0.15, 0.2) is 6.61 Å². The maximum atomic E-state index is 12.3. The Hall–Kier alpha value is -4.41. The fourth-order valence-electron chi connectivity index (χ4n) is 3.19. The second-order valence-corrected chi connectivity index (χ2v) is 6.88. The minimum absolute atomic E-state index is 0.00322. The Labute approximate surface area is 180 Å². The topological polar surface area (TPSA) is 146 Å². The van der Waals surface area contributed by atoms with Crippen LogP contribution in [0.2, 0.25) is 0 Å². The van der Waals surface area contributed by atoms with Gasteiger partial charge in [0.2, 0.25) is 5.89 Å². The number of aromatic nitrogens is 2. The smallest absolute Gasteiger partial charge is 0.306 e. The average Bonchev–Trinajstić information content (AvgIpc) is 3.37. The van der Waals surface area contributed by atoms with Crippen molar-refractivity contribution in [2.45, 2.75) is 19.4 Å². The molecule has 0 saturated heterocycles. The van der Waals surface area contributed by atoms with Crippen LogP contribution in [0.4, 0.5) is 5.69 Å². The predicted octanol–water partition coefficient (Wildman–Crippen LogP) is 2.76. The van der Waals surface area contributed by atoms with E-state index >= 15 is 0 Å². The van der Waals surface area contributed by atoms with Gasteiger partial charge in [-0.25, -0.2) is 0 Å². The van der Waals surface area contributed by atoms with E-state index < -0.39 is 10.9 Å². The van der Waals surface area contributed by atoms with E-state index in [0.29, 0.717) is 16.7 Å². The monoisotopic (exact) mass is 436 g/mol. The molecule has 0 fully saturated rings. The van der Waals surface area contributed by atoms with Crippen LogP contribution in [0, 0.1) is 10.1 Å². The number of imide groups is 1. The molecule has 1 aliphatic rings. The molecule has 2 amide bonds. The van der Waals surface area contributed by atoms with Crippen molar-refractivity contribution in [3.63, 3.8) is 0 Å². The third kappa shape index (κ3) is 4.21. The Morgan fingerprint density at radius 2 is 1.69 bits per heavy atom. The summed E-state index contributed by atoms with van der Waals surface area (Å²) in [5.74, 6) is -1.09. The molecule has 0 N–H and O–H groups in total. The first-order valence-electron chi connectivity index (χ1n) is 9.62. The standard InChI is InChI=1S/C21H16N4O7/c26-18(6-3-11-24-20(27)15-4-1-2-5-16(15)21(24)28)31-12-17-22-23-19(32-17)13-7-9-14(10-8-13)25(29)30/h1-2,4-5,7-10H,3,6,11-12H2. The van der Waals surface area contributed by atoms with Crippen LogP contribution in [0.25, 0.3) is 11.5 Å². The van der Waals surface area contributed by atoms with Gasteiger partial charge in [-0.1, -0.05) is 12.1 Å². The summed E-state index contributed by atoms with van der Waals surface area (Å²) in [7, 11) is 0. The molecule has 0 bridgehead atoms. The summed E-state index contributed by atoms with van der Waals surface area (Å²) in [5, 5.41) is 18.3. The van der Waals surface area contributed by atoms with Crippen LogP contribution >= 0.6 is 0 Å². The summed E-state index contributed by atoms with van der Waals surface area (Å²) in [5.41, 5.74) is 1.14. The summed E-state index contributed by atoms with van der Waals surface area (Å²) in [6.07, 6.45) is 0.249. The second kappa shape index (κ2) is 8.76. The number of benzene rings is 2. The highest BCUT2D eigenvalue weighted by atomic mass is 16.6. The van der Waals surface area contributed by atoms with Gasteiger partial charge in [0.05, 0.1) is 16.1 Å². The maximum Gasteiger partial charge on any atom is 0.306 e. The minimum atomic E-state index is -0.545. The van der Waals surface area contributed by atoms with E-state index in [1.807, 2.05) is 0 Å². The lowest BCUT2D eigenvalue weighted by Crippen LogP contribution is -2.31. The fourth-order valence-corrected chi connectivity index (χ4v) is 3.19. The Bertz CT molecular complexity index is 1170. The van der Waals surface area contributed by atoms with Crippen molar-refractivity contribution in [3.05, 3.63) is 75.7 Å². The first-order chi connectivity index (χ1) is 15.4. The summed E-state index contributed by atoms with van der Waals surface area (Å²) < 4.78 is 10.5. The average molecular weight is 436 g/mol. The molecule has 162 valence electrons. The second-order valence-electron chi connectivity index (χ2n) is 6.88. The van der Waals surface area contributed by atoms with Gasteiger partial charge in [-0.3, -0.25) is 29.4 Å². The molecular formula is C21H16N4O7. The van der Waals surface area contributed by atoms with E-state index in [2.05, 4.69) is 10.2 Å². The number of fused-ring (bicyclic) bond motifs is 1. The summed E-state index contributed by atoms with van der Waals surface area (Å²) >= 11 is 0. The number of nitro groups is 1.